The molecule has 1 aromatic rings. The van der Waals surface area contributed by atoms with Gasteiger partial charge in [-0.15, -0.1) is 0 Å². The summed E-state index contributed by atoms with van der Waals surface area (Å²) in [6, 6.07) is 4.17. The molecular weight excluding hydrogens is 275 g/mol. The molecule has 0 aromatic heterocycles. The van der Waals surface area contributed by atoms with Crippen LogP contribution in [0.4, 0.5) is 10.1 Å². The van der Waals surface area contributed by atoms with Gasteiger partial charge < -0.3 is 10.6 Å². The quantitative estimate of drug-likeness (QED) is 0.818. The van der Waals surface area contributed by atoms with E-state index in [1.165, 1.54) is 18.2 Å². The van der Waals surface area contributed by atoms with Gasteiger partial charge in [-0.1, -0.05) is 0 Å². The van der Waals surface area contributed by atoms with Gasteiger partial charge in [0.15, 0.2) is 0 Å². The van der Waals surface area contributed by atoms with E-state index < -0.39 is 0 Å². The van der Waals surface area contributed by atoms with Crippen LogP contribution in [0.15, 0.2) is 22.7 Å². The molecule has 3 nitrogen and oxygen atoms in total. The summed E-state index contributed by atoms with van der Waals surface area (Å²) in [5.41, 5.74) is 0.593. The van der Waals surface area contributed by atoms with Crippen molar-refractivity contribution in [2.24, 2.45) is 0 Å². The fourth-order valence-corrected chi connectivity index (χ4v) is 1.68. The van der Waals surface area contributed by atoms with Crippen LogP contribution in [0.1, 0.15) is 12.8 Å². The molecule has 1 rings (SSSR count). The molecule has 0 bridgehead atoms. The van der Waals surface area contributed by atoms with Crippen molar-refractivity contribution in [3.63, 3.8) is 0 Å². The second-order valence-corrected chi connectivity index (χ2v) is 4.23. The third-order valence-electron chi connectivity index (χ3n) is 2.04. The van der Waals surface area contributed by atoms with Gasteiger partial charge in [0.1, 0.15) is 5.82 Å². The highest BCUT2D eigenvalue weighted by atomic mass is 79.9. The normalized spacial score (nSPS) is 10.2. The molecule has 5 heteroatoms. The number of hydrogen-bond donors (Lipinski definition) is 2. The first kappa shape index (κ1) is 13.1. The predicted octanol–water partition coefficient (Wildman–Crippen LogP) is 2.53. The van der Waals surface area contributed by atoms with Crippen LogP contribution in [-0.2, 0) is 4.79 Å². The van der Waals surface area contributed by atoms with Crippen LogP contribution in [0.2, 0.25) is 0 Å². The van der Waals surface area contributed by atoms with Crippen LogP contribution in [0.5, 0.6) is 0 Å². The molecule has 0 aliphatic rings. The van der Waals surface area contributed by atoms with E-state index in [0.29, 0.717) is 16.6 Å². The standard InChI is InChI=1S/C11H14BrFN2O/c1-14-6-2-3-11(16)15-10-5-4-8(13)7-9(10)12/h4-5,7,14H,2-3,6H2,1H3,(H,15,16). The van der Waals surface area contributed by atoms with Gasteiger partial charge in [0.2, 0.25) is 5.91 Å². The van der Waals surface area contributed by atoms with Crippen LogP contribution < -0.4 is 10.6 Å². The first-order valence-corrected chi connectivity index (χ1v) is 5.82. The number of carbonyl (C=O) groups excluding carboxylic acids is 1. The Morgan fingerprint density at radius 2 is 2.25 bits per heavy atom. The zero-order valence-electron chi connectivity index (χ0n) is 9.02. The smallest absolute Gasteiger partial charge is 0.224 e. The Morgan fingerprint density at radius 3 is 2.88 bits per heavy atom. The molecule has 16 heavy (non-hydrogen) atoms. The second kappa shape index (κ2) is 6.60. The second-order valence-electron chi connectivity index (χ2n) is 3.38. The lowest BCUT2D eigenvalue weighted by Gasteiger charge is -2.07. The van der Waals surface area contributed by atoms with Crippen molar-refractivity contribution in [2.75, 3.05) is 18.9 Å². The molecular formula is C11H14BrFN2O. The van der Waals surface area contributed by atoms with Gasteiger partial charge in [0.05, 0.1) is 5.69 Å². The van der Waals surface area contributed by atoms with Gasteiger partial charge in [0, 0.05) is 10.9 Å². The average molecular weight is 289 g/mol. The predicted molar refractivity (Wildman–Crippen MR) is 65.9 cm³/mol. The molecule has 0 unspecified atom stereocenters. The van der Waals surface area contributed by atoms with Crippen LogP contribution in [0.25, 0.3) is 0 Å². The van der Waals surface area contributed by atoms with Crippen molar-refractivity contribution in [3.05, 3.63) is 28.5 Å². The fourth-order valence-electron chi connectivity index (χ4n) is 1.23. The summed E-state index contributed by atoms with van der Waals surface area (Å²) in [4.78, 5) is 11.5. The number of amides is 1. The van der Waals surface area contributed by atoms with Crippen molar-refractivity contribution < 1.29 is 9.18 Å². The number of carbonyl (C=O) groups is 1. The maximum Gasteiger partial charge on any atom is 0.224 e. The van der Waals surface area contributed by atoms with E-state index in [1.54, 1.807) is 0 Å². The minimum Gasteiger partial charge on any atom is -0.325 e. The summed E-state index contributed by atoms with van der Waals surface area (Å²) < 4.78 is 13.3. The Bertz CT molecular complexity index is 371. The third-order valence-corrected chi connectivity index (χ3v) is 2.69. The largest absolute Gasteiger partial charge is 0.325 e. The van der Waals surface area contributed by atoms with E-state index in [-0.39, 0.29) is 11.7 Å². The topological polar surface area (TPSA) is 41.1 Å². The highest BCUT2D eigenvalue weighted by Crippen LogP contribution is 2.23. The summed E-state index contributed by atoms with van der Waals surface area (Å²) >= 11 is 3.19. The lowest BCUT2D eigenvalue weighted by Crippen LogP contribution is -2.15. The number of halogens is 2. The molecule has 1 aromatic carbocycles. The lowest BCUT2D eigenvalue weighted by atomic mass is 10.2. The van der Waals surface area contributed by atoms with Crippen LogP contribution in [0, 0.1) is 5.82 Å². The summed E-state index contributed by atoms with van der Waals surface area (Å²) in [5, 5.41) is 5.68. The molecule has 0 spiro atoms. The first-order chi connectivity index (χ1) is 7.63. The van der Waals surface area contributed by atoms with Crippen molar-refractivity contribution in [1.29, 1.82) is 0 Å². The van der Waals surface area contributed by atoms with E-state index in [9.17, 15) is 9.18 Å². The maximum absolute atomic E-state index is 12.8. The third kappa shape index (κ3) is 4.28. The van der Waals surface area contributed by atoms with Crippen LogP contribution in [-0.4, -0.2) is 19.5 Å². The number of rotatable bonds is 5. The fraction of sp³-hybridized carbons (Fsp3) is 0.364. The van der Waals surface area contributed by atoms with E-state index >= 15 is 0 Å². The summed E-state index contributed by atoms with van der Waals surface area (Å²) in [7, 11) is 1.84. The SMILES string of the molecule is CNCCCC(=O)Nc1ccc(F)cc1Br. The van der Waals surface area contributed by atoms with Gasteiger partial charge in [0.25, 0.3) is 0 Å². The lowest BCUT2D eigenvalue weighted by molar-refractivity contribution is -0.116. The minimum atomic E-state index is -0.333. The van der Waals surface area contributed by atoms with E-state index in [0.717, 1.165) is 13.0 Å². The Morgan fingerprint density at radius 1 is 1.50 bits per heavy atom. The van der Waals surface area contributed by atoms with E-state index in [4.69, 9.17) is 0 Å². The Balaban J connectivity index is 2.49. The van der Waals surface area contributed by atoms with Gasteiger partial charge in [-0.3, -0.25) is 4.79 Å². The molecule has 0 atom stereocenters. The van der Waals surface area contributed by atoms with Crippen molar-refractivity contribution >= 4 is 27.5 Å². The van der Waals surface area contributed by atoms with E-state index in [1.807, 2.05) is 7.05 Å². The average Bonchev–Trinajstić information content (AvgIpc) is 2.23. The van der Waals surface area contributed by atoms with Crippen LogP contribution >= 0.6 is 15.9 Å². The van der Waals surface area contributed by atoms with Gasteiger partial charge >= 0.3 is 0 Å². The summed E-state index contributed by atoms with van der Waals surface area (Å²) in [6.45, 7) is 0.804. The van der Waals surface area contributed by atoms with Crippen molar-refractivity contribution in [2.45, 2.75) is 12.8 Å². The molecule has 0 aliphatic carbocycles. The van der Waals surface area contributed by atoms with Gasteiger partial charge in [-0.2, -0.15) is 0 Å². The van der Waals surface area contributed by atoms with Crippen LogP contribution in [0.3, 0.4) is 0 Å². The highest BCUT2D eigenvalue weighted by molar-refractivity contribution is 9.10. The first-order valence-electron chi connectivity index (χ1n) is 5.03. The number of benzene rings is 1. The molecule has 0 saturated heterocycles. The number of anilines is 1. The van der Waals surface area contributed by atoms with E-state index in [2.05, 4.69) is 26.6 Å². The van der Waals surface area contributed by atoms with Gasteiger partial charge in [-0.05, 0) is 54.1 Å². The maximum atomic E-state index is 12.8. The van der Waals surface area contributed by atoms with Crippen molar-refractivity contribution in [1.82, 2.24) is 5.32 Å². The zero-order chi connectivity index (χ0) is 12.0. The highest BCUT2D eigenvalue weighted by Gasteiger charge is 2.05. The molecule has 0 heterocycles. The molecule has 0 radical (unpaired) electrons. The Kier molecular flexibility index (Phi) is 5.42. The number of nitrogens with one attached hydrogen (secondary N) is 2. The molecule has 1 amide bonds. The Labute approximate surface area is 103 Å². The zero-order valence-corrected chi connectivity index (χ0v) is 10.6. The molecule has 0 aliphatic heterocycles. The Hall–Kier alpha value is -0.940. The molecule has 88 valence electrons. The molecule has 0 saturated carbocycles. The molecule has 2 N–H and O–H groups in total. The number of hydrogen-bond acceptors (Lipinski definition) is 2. The minimum absolute atomic E-state index is 0.0671. The van der Waals surface area contributed by atoms with Gasteiger partial charge in [-0.25, -0.2) is 4.39 Å². The molecule has 0 fully saturated rings. The monoisotopic (exact) mass is 288 g/mol. The van der Waals surface area contributed by atoms with Crippen molar-refractivity contribution in [3.8, 4) is 0 Å². The summed E-state index contributed by atoms with van der Waals surface area (Å²) in [5.74, 6) is -0.400. The summed E-state index contributed by atoms with van der Waals surface area (Å²) in [6.07, 6.45) is 1.23.